The Morgan fingerprint density at radius 2 is 1.87 bits per heavy atom. The second-order valence-corrected chi connectivity index (χ2v) is 6.19. The normalized spacial score (nSPS) is 20.2. The molecule has 23 heavy (non-hydrogen) atoms. The zero-order chi connectivity index (χ0) is 16.2. The monoisotopic (exact) mass is 326 g/mol. The minimum Gasteiger partial charge on any atom is -0.273 e. The first kappa shape index (κ1) is 15.8. The Bertz CT molecular complexity index is 710. The van der Waals surface area contributed by atoms with E-state index in [0.29, 0.717) is 10.9 Å². The van der Waals surface area contributed by atoms with E-state index in [1.54, 1.807) is 0 Å². The van der Waals surface area contributed by atoms with Gasteiger partial charge in [-0.25, -0.2) is 5.43 Å². The highest BCUT2D eigenvalue weighted by molar-refractivity contribution is 6.30. The van der Waals surface area contributed by atoms with Crippen LogP contribution in [0.3, 0.4) is 0 Å². The lowest BCUT2D eigenvalue weighted by atomic mass is 10.1. The number of carbonyl (C=O) groups is 1. The predicted molar refractivity (Wildman–Crippen MR) is 93.7 cm³/mol. The van der Waals surface area contributed by atoms with Gasteiger partial charge in [-0.05, 0) is 42.0 Å². The molecule has 1 amide bonds. The molecule has 2 aromatic carbocycles. The van der Waals surface area contributed by atoms with Crippen molar-refractivity contribution < 1.29 is 4.79 Å². The number of rotatable bonds is 5. The Kier molecular flexibility index (Phi) is 4.77. The van der Waals surface area contributed by atoms with Crippen molar-refractivity contribution in [3.05, 3.63) is 70.7 Å². The molecule has 1 aliphatic rings. The first-order valence-corrected chi connectivity index (χ1v) is 8.24. The maximum Gasteiger partial charge on any atom is 0.243 e. The minimum absolute atomic E-state index is 0.00114. The lowest BCUT2D eigenvalue weighted by molar-refractivity contribution is -0.122. The van der Waals surface area contributed by atoms with Crippen molar-refractivity contribution >= 4 is 23.2 Å². The van der Waals surface area contributed by atoms with Gasteiger partial charge in [-0.2, -0.15) is 5.10 Å². The zero-order valence-corrected chi connectivity index (χ0v) is 13.8. The van der Waals surface area contributed by atoms with Gasteiger partial charge in [0.15, 0.2) is 0 Å². The fraction of sp³-hybridized carbons (Fsp3) is 0.263. The van der Waals surface area contributed by atoms with Crippen LogP contribution in [0.15, 0.2) is 59.7 Å². The van der Waals surface area contributed by atoms with Crippen molar-refractivity contribution in [1.82, 2.24) is 5.43 Å². The first-order chi connectivity index (χ1) is 11.2. The average Bonchev–Trinajstić information content (AvgIpc) is 3.38. The van der Waals surface area contributed by atoms with E-state index in [4.69, 9.17) is 11.6 Å². The van der Waals surface area contributed by atoms with Gasteiger partial charge < -0.3 is 0 Å². The fourth-order valence-electron chi connectivity index (χ4n) is 2.75. The maximum absolute atomic E-state index is 12.3. The van der Waals surface area contributed by atoms with Crippen LogP contribution in [0, 0.1) is 5.92 Å². The predicted octanol–water partition coefficient (Wildman–Crippen LogP) is 4.37. The third kappa shape index (κ3) is 3.80. The molecule has 0 bridgehead atoms. The summed E-state index contributed by atoms with van der Waals surface area (Å²) in [5.74, 6) is 0.357. The molecule has 3 rings (SSSR count). The molecule has 118 valence electrons. The third-order valence-corrected chi connectivity index (χ3v) is 4.42. The van der Waals surface area contributed by atoms with E-state index in [-0.39, 0.29) is 11.8 Å². The van der Waals surface area contributed by atoms with E-state index in [9.17, 15) is 4.79 Å². The molecular weight excluding hydrogens is 308 g/mol. The quantitative estimate of drug-likeness (QED) is 0.643. The van der Waals surface area contributed by atoms with E-state index in [2.05, 4.69) is 22.7 Å². The summed E-state index contributed by atoms with van der Waals surface area (Å²) in [7, 11) is 0. The molecule has 0 heterocycles. The fourth-order valence-corrected chi connectivity index (χ4v) is 2.87. The van der Waals surface area contributed by atoms with Crippen molar-refractivity contribution in [2.24, 2.45) is 11.0 Å². The lowest BCUT2D eigenvalue weighted by Crippen LogP contribution is -2.22. The number of amides is 1. The van der Waals surface area contributed by atoms with Crippen LogP contribution in [-0.4, -0.2) is 11.6 Å². The summed E-state index contributed by atoms with van der Waals surface area (Å²) in [5.41, 5.74) is 5.78. The standard InChI is InChI=1S/C19H19ClN2O/c1-2-18(14-8-10-15(20)11-9-14)21-22-19(23)17-12-16(17)13-6-4-3-5-7-13/h3-11,16-17H,2,12H2,1H3,(H,22,23)/b21-18+. The molecule has 2 unspecified atom stereocenters. The largest absolute Gasteiger partial charge is 0.273 e. The van der Waals surface area contributed by atoms with Crippen molar-refractivity contribution in [1.29, 1.82) is 0 Å². The van der Waals surface area contributed by atoms with Gasteiger partial charge in [0.1, 0.15) is 0 Å². The van der Waals surface area contributed by atoms with Crippen LogP contribution >= 0.6 is 11.6 Å². The van der Waals surface area contributed by atoms with Crippen LogP contribution in [0.25, 0.3) is 0 Å². The number of halogens is 1. The molecular formula is C19H19ClN2O. The van der Waals surface area contributed by atoms with Gasteiger partial charge in [0, 0.05) is 10.9 Å². The van der Waals surface area contributed by atoms with E-state index in [0.717, 1.165) is 24.1 Å². The van der Waals surface area contributed by atoms with Crippen molar-refractivity contribution in [2.75, 3.05) is 0 Å². The third-order valence-electron chi connectivity index (χ3n) is 4.17. The lowest BCUT2D eigenvalue weighted by Gasteiger charge is -2.05. The van der Waals surface area contributed by atoms with Crippen molar-refractivity contribution in [3.63, 3.8) is 0 Å². The van der Waals surface area contributed by atoms with E-state index in [1.807, 2.05) is 49.4 Å². The number of hydrogen-bond acceptors (Lipinski definition) is 2. The second kappa shape index (κ2) is 6.97. The van der Waals surface area contributed by atoms with Gasteiger partial charge in [0.2, 0.25) is 5.91 Å². The highest BCUT2D eigenvalue weighted by Gasteiger charge is 2.43. The smallest absolute Gasteiger partial charge is 0.243 e. The van der Waals surface area contributed by atoms with Gasteiger partial charge in [-0.3, -0.25) is 4.79 Å². The Morgan fingerprint density at radius 1 is 1.17 bits per heavy atom. The van der Waals surface area contributed by atoms with Gasteiger partial charge in [0.05, 0.1) is 5.71 Å². The Balaban J connectivity index is 1.63. The van der Waals surface area contributed by atoms with Crippen LogP contribution in [0.4, 0.5) is 0 Å². The Hall–Kier alpha value is -2.13. The summed E-state index contributed by atoms with van der Waals surface area (Å²) in [6.07, 6.45) is 1.64. The minimum atomic E-state index is -0.00114. The molecule has 1 aliphatic carbocycles. The van der Waals surface area contributed by atoms with Gasteiger partial charge in [0.25, 0.3) is 0 Å². The average molecular weight is 327 g/mol. The zero-order valence-electron chi connectivity index (χ0n) is 13.0. The summed E-state index contributed by atoms with van der Waals surface area (Å²) in [5, 5.41) is 5.00. The van der Waals surface area contributed by atoms with Gasteiger partial charge in [-0.15, -0.1) is 0 Å². The van der Waals surface area contributed by atoms with Crippen molar-refractivity contribution in [3.8, 4) is 0 Å². The molecule has 0 aromatic heterocycles. The molecule has 1 fully saturated rings. The number of carbonyl (C=O) groups excluding carboxylic acids is 1. The SMILES string of the molecule is CC/C(=N\NC(=O)C1CC1c1ccccc1)c1ccc(Cl)cc1. The topological polar surface area (TPSA) is 41.5 Å². The van der Waals surface area contributed by atoms with E-state index < -0.39 is 0 Å². The number of hydrogen-bond donors (Lipinski definition) is 1. The molecule has 0 spiro atoms. The summed E-state index contributed by atoms with van der Waals surface area (Å²) in [6, 6.07) is 17.7. The molecule has 4 heteroatoms. The Morgan fingerprint density at radius 3 is 2.52 bits per heavy atom. The summed E-state index contributed by atoms with van der Waals surface area (Å²) in [4.78, 5) is 12.3. The number of hydrazone groups is 1. The molecule has 1 saturated carbocycles. The van der Waals surface area contributed by atoms with Crippen LogP contribution < -0.4 is 5.43 Å². The van der Waals surface area contributed by atoms with Crippen LogP contribution in [0.5, 0.6) is 0 Å². The number of nitrogens with zero attached hydrogens (tertiary/aromatic N) is 1. The van der Waals surface area contributed by atoms with Crippen LogP contribution in [0.2, 0.25) is 5.02 Å². The van der Waals surface area contributed by atoms with Gasteiger partial charge >= 0.3 is 0 Å². The highest BCUT2D eigenvalue weighted by Crippen LogP contribution is 2.47. The second-order valence-electron chi connectivity index (χ2n) is 5.75. The number of benzene rings is 2. The van der Waals surface area contributed by atoms with Gasteiger partial charge in [-0.1, -0.05) is 61.0 Å². The van der Waals surface area contributed by atoms with Crippen molar-refractivity contribution in [2.45, 2.75) is 25.7 Å². The molecule has 0 saturated heterocycles. The molecule has 2 atom stereocenters. The molecule has 2 aromatic rings. The highest BCUT2D eigenvalue weighted by atomic mass is 35.5. The molecule has 1 N–H and O–H groups in total. The van der Waals surface area contributed by atoms with E-state index in [1.165, 1.54) is 5.56 Å². The summed E-state index contributed by atoms with van der Waals surface area (Å²) >= 11 is 5.90. The maximum atomic E-state index is 12.3. The van der Waals surface area contributed by atoms with E-state index >= 15 is 0 Å². The first-order valence-electron chi connectivity index (χ1n) is 7.86. The molecule has 0 radical (unpaired) electrons. The van der Waals surface area contributed by atoms with Crippen LogP contribution in [0.1, 0.15) is 36.8 Å². The summed E-state index contributed by atoms with van der Waals surface area (Å²) < 4.78 is 0. The Labute approximate surface area is 141 Å². The molecule has 0 aliphatic heterocycles. The van der Waals surface area contributed by atoms with Crippen LogP contribution in [-0.2, 0) is 4.79 Å². The number of nitrogens with one attached hydrogen (secondary N) is 1. The summed E-state index contributed by atoms with van der Waals surface area (Å²) in [6.45, 7) is 2.02. The molecule has 3 nitrogen and oxygen atoms in total.